The van der Waals surface area contributed by atoms with E-state index < -0.39 is 0 Å². The third-order valence-corrected chi connectivity index (χ3v) is 28.4. The SMILES string of the molecule is c1ccc2c(c1)c1ccccc1n2-c1ccc(-c2cc(-c3cc(-c4cc(-c5ccc(-n6c7ccccc7c7ccccc76)cc5)nc(-c5ccc(-n6c7ccccc7c7ccccc76)cc5)c4)cc(-c4cc(-c5ccc(-n6c7ccccc7c7ccccc76)cc5)nc(-c5ccc(-n6c7ccccc7c7ccccc76)cc5)c4)c3)cc(-c3ccc(-n4c5ccccc5c5ccccc54)cc3)n2)cc1. The maximum atomic E-state index is 5.80. The molecule has 28 rings (SSSR count). The van der Waals surface area contributed by atoms with Gasteiger partial charge in [-0.2, -0.15) is 0 Å². The van der Waals surface area contributed by atoms with E-state index in [9.17, 15) is 0 Å². The van der Waals surface area contributed by atoms with Crippen LogP contribution in [-0.4, -0.2) is 42.4 Å². The topological polar surface area (TPSA) is 68.2 Å². The molecule has 19 aromatic carbocycles. The molecule has 0 fully saturated rings. The summed E-state index contributed by atoms with van der Waals surface area (Å²) in [7, 11) is 0. The third-order valence-electron chi connectivity index (χ3n) is 28.4. The highest BCUT2D eigenvalue weighted by Gasteiger charge is 2.24. The standard InChI is InChI=1S/C129H81N9/c1-13-37-118-100(25-1)101-26-2-14-38-119(101)133(118)94-61-49-82(50-62-94)112-76-91(77-113(130-112)83-51-63-95(64-52-83)134-120-39-15-3-27-102(120)103-28-4-16-40-121(103)134)88-73-89(92-78-114(84-53-65-96(66-54-84)135-122-41-17-5-29-104(122)105-30-6-18-42-123(105)135)131-115(79-92)85-55-67-97(68-56-85)136-124-43-19-7-31-106(124)107-32-8-20-44-125(107)136)75-90(74-88)93-80-116(86-57-69-98(70-58-86)137-126-45-21-9-33-108(126)109-34-10-22-46-127(109)137)132-117(81-93)87-59-71-99(72-60-87)138-128-47-23-11-35-110(128)111-36-12-24-48-129(111)138/h1-81H. The minimum atomic E-state index is 0.832. The number of hydrogen-bond donors (Lipinski definition) is 0. The lowest BCUT2D eigenvalue weighted by molar-refractivity contribution is 1.18. The Morgan fingerprint density at radius 1 is 0.101 bits per heavy atom. The van der Waals surface area contributed by atoms with Crippen LogP contribution in [0.5, 0.6) is 0 Å². The van der Waals surface area contributed by atoms with Crippen molar-refractivity contribution in [1.29, 1.82) is 0 Å². The van der Waals surface area contributed by atoms with E-state index in [4.69, 9.17) is 15.0 Å². The predicted molar refractivity (Wildman–Crippen MR) is 575 cm³/mol. The third kappa shape index (κ3) is 12.7. The van der Waals surface area contributed by atoms with Crippen LogP contribution in [0.4, 0.5) is 0 Å². The van der Waals surface area contributed by atoms with Crippen LogP contribution in [0.1, 0.15) is 0 Å². The first kappa shape index (κ1) is 78.1. The monoisotopic (exact) mass is 1760 g/mol. The number of rotatable bonds is 15. The average molecular weight is 1760 g/mol. The van der Waals surface area contributed by atoms with Crippen LogP contribution in [0.2, 0.25) is 0 Å². The minimum Gasteiger partial charge on any atom is -0.309 e. The molecule has 0 aliphatic rings. The Balaban J connectivity index is 0.669. The van der Waals surface area contributed by atoms with E-state index in [1.807, 2.05) is 0 Å². The summed E-state index contributed by atoms with van der Waals surface area (Å²) in [5.41, 5.74) is 37.0. The van der Waals surface area contributed by atoms with Gasteiger partial charge >= 0.3 is 0 Å². The van der Waals surface area contributed by atoms with Gasteiger partial charge in [0, 0.05) is 132 Å². The Bertz CT molecular complexity index is 8050. The van der Waals surface area contributed by atoms with Crippen LogP contribution in [0, 0.1) is 0 Å². The van der Waals surface area contributed by atoms with E-state index in [0.29, 0.717) is 0 Å². The molecule has 9 aromatic heterocycles. The van der Waals surface area contributed by atoms with Crippen LogP contribution < -0.4 is 0 Å². The quantitative estimate of drug-likeness (QED) is 0.103. The molecule has 0 unspecified atom stereocenters. The fourth-order valence-corrected chi connectivity index (χ4v) is 22.0. The number of nitrogens with zero attached hydrogens (tertiary/aromatic N) is 9. The summed E-state index contributed by atoms with van der Waals surface area (Å²) in [5, 5.41) is 14.6. The van der Waals surface area contributed by atoms with Gasteiger partial charge in [0.25, 0.3) is 0 Å². The second-order valence-corrected chi connectivity index (χ2v) is 36.2. The number of para-hydroxylation sites is 12. The molecule has 0 radical (unpaired) electrons. The molecule has 0 spiro atoms. The van der Waals surface area contributed by atoms with E-state index in [1.54, 1.807) is 0 Å². The van der Waals surface area contributed by atoms with E-state index in [-0.39, 0.29) is 0 Å². The van der Waals surface area contributed by atoms with Gasteiger partial charge in [0.05, 0.1) is 100 Å². The number of hydrogen-bond acceptors (Lipinski definition) is 3. The Labute approximate surface area is 794 Å². The number of benzene rings is 19. The summed E-state index contributed by atoms with van der Waals surface area (Å²) in [6.07, 6.45) is 0. The normalized spacial score (nSPS) is 11.9. The molecule has 0 aliphatic carbocycles. The lowest BCUT2D eigenvalue weighted by Crippen LogP contribution is -1.97. The van der Waals surface area contributed by atoms with E-state index in [0.717, 1.165) is 201 Å². The molecule has 0 saturated heterocycles. The van der Waals surface area contributed by atoms with Crippen LogP contribution >= 0.6 is 0 Å². The summed E-state index contributed by atoms with van der Waals surface area (Å²) in [6.45, 7) is 0. The van der Waals surface area contributed by atoms with E-state index in [2.05, 4.69) is 519 Å². The van der Waals surface area contributed by atoms with Crippen LogP contribution in [-0.2, 0) is 0 Å². The highest BCUT2D eigenvalue weighted by Crippen LogP contribution is 2.46. The average Bonchev–Trinajstić information content (AvgIpc) is 1.39. The van der Waals surface area contributed by atoms with Crippen molar-refractivity contribution in [1.82, 2.24) is 42.4 Å². The Morgan fingerprint density at radius 3 is 0.333 bits per heavy atom. The number of pyridine rings is 3. The van der Waals surface area contributed by atoms with Crippen molar-refractivity contribution in [3.8, 4) is 135 Å². The van der Waals surface area contributed by atoms with Gasteiger partial charge in [0.15, 0.2) is 0 Å². The highest BCUT2D eigenvalue weighted by molar-refractivity contribution is 6.15. The lowest BCUT2D eigenvalue weighted by atomic mass is 9.90. The zero-order valence-corrected chi connectivity index (χ0v) is 74.8. The highest BCUT2D eigenvalue weighted by atomic mass is 15.0. The molecular weight excluding hydrogens is 1680 g/mol. The van der Waals surface area contributed by atoms with Gasteiger partial charge in [-0.05, 0) is 234 Å². The predicted octanol–water partition coefficient (Wildman–Crippen LogP) is 33.5. The number of aromatic nitrogens is 9. The number of fused-ring (bicyclic) bond motifs is 18. The van der Waals surface area contributed by atoms with Crippen molar-refractivity contribution in [2.24, 2.45) is 0 Å². The molecule has 0 saturated carbocycles. The fraction of sp³-hybridized carbons (Fsp3) is 0. The minimum absolute atomic E-state index is 0.832. The van der Waals surface area contributed by atoms with E-state index >= 15 is 0 Å². The molecule has 0 N–H and O–H groups in total. The molecule has 642 valence electrons. The van der Waals surface area contributed by atoms with Crippen molar-refractivity contribution in [3.05, 3.63) is 491 Å². The molecule has 28 aromatic rings. The second kappa shape index (κ2) is 31.6. The fourth-order valence-electron chi connectivity index (χ4n) is 22.0. The Kier molecular flexibility index (Phi) is 17.9. The van der Waals surface area contributed by atoms with Crippen molar-refractivity contribution in [3.63, 3.8) is 0 Å². The van der Waals surface area contributed by atoms with Gasteiger partial charge in [-0.1, -0.05) is 291 Å². The van der Waals surface area contributed by atoms with Crippen molar-refractivity contribution < 1.29 is 0 Å². The van der Waals surface area contributed by atoms with Gasteiger partial charge in [-0.25, -0.2) is 15.0 Å². The Morgan fingerprint density at radius 2 is 0.210 bits per heavy atom. The zero-order chi connectivity index (χ0) is 90.6. The molecule has 138 heavy (non-hydrogen) atoms. The van der Waals surface area contributed by atoms with Gasteiger partial charge in [-0.15, -0.1) is 0 Å². The van der Waals surface area contributed by atoms with Gasteiger partial charge in [0.1, 0.15) is 0 Å². The van der Waals surface area contributed by atoms with Crippen LogP contribution in [0.3, 0.4) is 0 Å². The molecular formula is C129H81N9. The molecule has 0 atom stereocenters. The van der Waals surface area contributed by atoms with Crippen molar-refractivity contribution in [2.45, 2.75) is 0 Å². The maximum Gasteiger partial charge on any atom is 0.0715 e. The van der Waals surface area contributed by atoms with Crippen molar-refractivity contribution in [2.75, 3.05) is 0 Å². The molecule has 0 aliphatic heterocycles. The van der Waals surface area contributed by atoms with Gasteiger partial charge < -0.3 is 27.4 Å². The summed E-state index contributed by atoms with van der Waals surface area (Å²) in [5.74, 6) is 0. The van der Waals surface area contributed by atoms with Crippen LogP contribution in [0.15, 0.2) is 491 Å². The molecule has 0 bridgehead atoms. The van der Waals surface area contributed by atoms with Crippen LogP contribution in [0.25, 0.3) is 266 Å². The van der Waals surface area contributed by atoms with E-state index in [1.165, 1.54) is 64.6 Å². The summed E-state index contributed by atoms with van der Waals surface area (Å²) in [6, 6.07) is 180. The molecule has 9 heteroatoms. The van der Waals surface area contributed by atoms with Gasteiger partial charge in [-0.3, -0.25) is 0 Å². The lowest BCUT2D eigenvalue weighted by Gasteiger charge is -2.17. The first-order valence-electron chi connectivity index (χ1n) is 47.2. The molecule has 9 nitrogen and oxygen atoms in total. The summed E-state index contributed by atoms with van der Waals surface area (Å²) >= 11 is 0. The zero-order valence-electron chi connectivity index (χ0n) is 74.8. The summed E-state index contributed by atoms with van der Waals surface area (Å²) in [4.78, 5) is 17.4. The second-order valence-electron chi connectivity index (χ2n) is 36.2. The maximum absolute atomic E-state index is 5.80. The molecule has 9 heterocycles. The summed E-state index contributed by atoms with van der Waals surface area (Å²) < 4.78 is 14.3. The van der Waals surface area contributed by atoms with Gasteiger partial charge in [0.2, 0.25) is 0 Å². The van der Waals surface area contributed by atoms with Crippen molar-refractivity contribution >= 4 is 131 Å². The smallest absolute Gasteiger partial charge is 0.0715 e. The first-order valence-corrected chi connectivity index (χ1v) is 47.2. The molecule has 0 amide bonds. The first-order chi connectivity index (χ1) is 68.4. The Hall–Kier alpha value is -18.6. The largest absolute Gasteiger partial charge is 0.309 e.